The van der Waals surface area contributed by atoms with Crippen molar-refractivity contribution in [3.63, 3.8) is 0 Å². The summed E-state index contributed by atoms with van der Waals surface area (Å²) in [4.78, 5) is 27.3. The Labute approximate surface area is 171 Å². The maximum atomic E-state index is 13.2. The van der Waals surface area contributed by atoms with Crippen LogP contribution in [0.4, 0.5) is 5.69 Å². The van der Waals surface area contributed by atoms with Crippen LogP contribution in [-0.2, 0) is 9.59 Å². The normalized spacial score (nSPS) is 24.8. The van der Waals surface area contributed by atoms with E-state index in [4.69, 9.17) is 0 Å². The van der Waals surface area contributed by atoms with E-state index in [1.807, 2.05) is 60.7 Å². The molecule has 6 heteroatoms. The smallest absolute Gasteiger partial charge is 0.311 e. The van der Waals surface area contributed by atoms with E-state index in [1.54, 1.807) is 0 Å². The molecule has 0 bridgehead atoms. The number of aliphatic carboxylic acids is 1. The second-order valence-electron chi connectivity index (χ2n) is 7.65. The molecule has 1 unspecified atom stereocenters. The minimum atomic E-state index is -0.720. The molecule has 4 rings (SSSR count). The van der Waals surface area contributed by atoms with E-state index in [1.165, 1.54) is 0 Å². The highest BCUT2D eigenvalue weighted by Crippen LogP contribution is 2.50. The Bertz CT molecular complexity index is 830. The van der Waals surface area contributed by atoms with Gasteiger partial charge in [-0.15, -0.1) is 12.4 Å². The van der Waals surface area contributed by atoms with Gasteiger partial charge in [0.15, 0.2) is 0 Å². The highest BCUT2D eigenvalue weighted by molar-refractivity contribution is 5.95. The Hall–Kier alpha value is -2.37. The van der Waals surface area contributed by atoms with Crippen LogP contribution in [0.2, 0.25) is 0 Å². The summed E-state index contributed by atoms with van der Waals surface area (Å²) in [5, 5.41) is 12.9. The number of nitrogens with one attached hydrogen (secondary N) is 1. The Morgan fingerprint density at radius 2 is 1.71 bits per heavy atom. The van der Waals surface area contributed by atoms with Crippen molar-refractivity contribution in [2.24, 2.45) is 11.3 Å². The molecular weight excluding hydrogens is 376 g/mol. The van der Waals surface area contributed by atoms with Crippen LogP contribution >= 0.6 is 12.4 Å². The van der Waals surface area contributed by atoms with Gasteiger partial charge >= 0.3 is 5.97 Å². The minimum absolute atomic E-state index is 0. The fourth-order valence-electron chi connectivity index (χ4n) is 4.77. The van der Waals surface area contributed by atoms with Crippen molar-refractivity contribution in [3.05, 3.63) is 66.2 Å². The number of rotatable bonds is 5. The predicted molar refractivity (Wildman–Crippen MR) is 110 cm³/mol. The summed E-state index contributed by atoms with van der Waals surface area (Å²) < 4.78 is 0. The maximum absolute atomic E-state index is 13.2. The Balaban J connectivity index is 0.00000225. The molecule has 1 saturated heterocycles. The third-order valence-electron chi connectivity index (χ3n) is 6.09. The van der Waals surface area contributed by atoms with Crippen LogP contribution in [0.25, 0.3) is 0 Å². The van der Waals surface area contributed by atoms with Gasteiger partial charge in [0.05, 0.1) is 5.41 Å². The van der Waals surface area contributed by atoms with Crippen LogP contribution < -0.4 is 5.32 Å². The summed E-state index contributed by atoms with van der Waals surface area (Å²) >= 11 is 0. The largest absolute Gasteiger partial charge is 0.481 e. The second kappa shape index (κ2) is 8.33. The van der Waals surface area contributed by atoms with Gasteiger partial charge in [0, 0.05) is 18.8 Å². The number of hydrogen-bond donors (Lipinski definition) is 2. The highest BCUT2D eigenvalue weighted by Gasteiger charge is 2.56. The SMILES string of the molecule is Cl.O=C(Nc1ccccc1)C(c1ccccc1)N1C[C@@H]2CCC[C@@]2(C(=O)O)C1. The summed E-state index contributed by atoms with van der Waals surface area (Å²) in [7, 11) is 0. The van der Waals surface area contributed by atoms with Gasteiger partial charge in [-0.1, -0.05) is 55.0 Å². The van der Waals surface area contributed by atoms with Crippen LogP contribution in [0.5, 0.6) is 0 Å². The maximum Gasteiger partial charge on any atom is 0.311 e. The van der Waals surface area contributed by atoms with Gasteiger partial charge in [0.2, 0.25) is 5.91 Å². The van der Waals surface area contributed by atoms with Crippen LogP contribution in [0.15, 0.2) is 60.7 Å². The molecule has 148 valence electrons. The lowest BCUT2D eigenvalue weighted by atomic mass is 9.81. The number of anilines is 1. The zero-order valence-corrected chi connectivity index (χ0v) is 16.4. The lowest BCUT2D eigenvalue weighted by Crippen LogP contribution is -2.39. The molecule has 2 aliphatic rings. The Morgan fingerprint density at radius 1 is 1.07 bits per heavy atom. The molecule has 2 aromatic carbocycles. The summed E-state index contributed by atoms with van der Waals surface area (Å²) in [6.45, 7) is 1.07. The van der Waals surface area contributed by atoms with Crippen molar-refractivity contribution in [1.29, 1.82) is 0 Å². The first kappa shape index (κ1) is 20.4. The number of nitrogens with zero attached hydrogens (tertiary/aromatic N) is 1. The van der Waals surface area contributed by atoms with Gasteiger partial charge in [-0.2, -0.15) is 0 Å². The quantitative estimate of drug-likeness (QED) is 0.796. The van der Waals surface area contributed by atoms with E-state index >= 15 is 0 Å². The summed E-state index contributed by atoms with van der Waals surface area (Å²) in [6, 6.07) is 18.5. The van der Waals surface area contributed by atoms with Crippen LogP contribution in [0.3, 0.4) is 0 Å². The molecule has 2 aromatic rings. The first-order valence-corrected chi connectivity index (χ1v) is 9.48. The minimum Gasteiger partial charge on any atom is -0.481 e. The fraction of sp³-hybridized carbons (Fsp3) is 0.364. The third-order valence-corrected chi connectivity index (χ3v) is 6.09. The van der Waals surface area contributed by atoms with Gasteiger partial charge in [-0.3, -0.25) is 14.5 Å². The van der Waals surface area contributed by atoms with Crippen LogP contribution in [0, 0.1) is 11.3 Å². The first-order valence-electron chi connectivity index (χ1n) is 9.48. The molecule has 1 heterocycles. The molecule has 0 radical (unpaired) electrons. The molecule has 0 aromatic heterocycles. The molecule has 1 amide bonds. The number of halogens is 1. The van der Waals surface area contributed by atoms with E-state index < -0.39 is 17.4 Å². The average molecular weight is 401 g/mol. The molecule has 5 nitrogen and oxygen atoms in total. The first-order chi connectivity index (χ1) is 13.1. The monoisotopic (exact) mass is 400 g/mol. The van der Waals surface area contributed by atoms with Crippen LogP contribution in [0.1, 0.15) is 30.9 Å². The summed E-state index contributed by atoms with van der Waals surface area (Å²) in [5.74, 6) is -0.721. The van der Waals surface area contributed by atoms with Crippen molar-refractivity contribution < 1.29 is 14.7 Å². The lowest BCUT2D eigenvalue weighted by Gasteiger charge is -2.29. The van der Waals surface area contributed by atoms with E-state index in [9.17, 15) is 14.7 Å². The summed E-state index contributed by atoms with van der Waals surface area (Å²) in [5.41, 5.74) is 0.933. The molecular formula is C22H25ClN2O3. The molecule has 2 fully saturated rings. The number of likely N-dealkylation sites (tertiary alicyclic amines) is 1. The van der Waals surface area contributed by atoms with E-state index in [2.05, 4.69) is 10.2 Å². The molecule has 28 heavy (non-hydrogen) atoms. The number of carbonyl (C=O) groups excluding carboxylic acids is 1. The number of amides is 1. The third kappa shape index (κ3) is 3.64. The van der Waals surface area contributed by atoms with Gasteiger partial charge in [-0.25, -0.2) is 0 Å². The average Bonchev–Trinajstić information content (AvgIpc) is 3.22. The van der Waals surface area contributed by atoms with Crippen molar-refractivity contribution in [2.75, 3.05) is 18.4 Å². The molecule has 0 spiro atoms. The number of hydrogen-bond acceptors (Lipinski definition) is 3. The van der Waals surface area contributed by atoms with E-state index in [0.717, 1.165) is 24.1 Å². The number of carbonyl (C=O) groups is 2. The molecule has 1 saturated carbocycles. The topological polar surface area (TPSA) is 69.6 Å². The number of fused-ring (bicyclic) bond motifs is 1. The number of carboxylic acids is 1. The van der Waals surface area contributed by atoms with Crippen molar-refractivity contribution >= 4 is 30.0 Å². The zero-order chi connectivity index (χ0) is 18.9. The number of carboxylic acid groups (broad SMARTS) is 1. The summed E-state index contributed by atoms with van der Waals surface area (Å²) in [6.07, 6.45) is 2.58. The highest BCUT2D eigenvalue weighted by atomic mass is 35.5. The Morgan fingerprint density at radius 3 is 2.32 bits per heavy atom. The standard InChI is InChI=1S/C22H24N2O3.ClH/c25-20(23-18-11-5-2-6-12-18)19(16-8-3-1-4-9-16)24-14-17-10-7-13-22(17,15-24)21(26)27;/h1-6,8-9,11-12,17,19H,7,10,13-15H2,(H,23,25)(H,26,27);1H/t17-,19?,22+;/m0./s1. The molecule has 3 atom stereocenters. The number of benzene rings is 2. The van der Waals surface area contributed by atoms with Crippen LogP contribution in [-0.4, -0.2) is 35.0 Å². The molecule has 2 N–H and O–H groups in total. The van der Waals surface area contributed by atoms with E-state index in [0.29, 0.717) is 19.5 Å². The van der Waals surface area contributed by atoms with Gasteiger partial charge in [-0.05, 0) is 36.5 Å². The number of para-hydroxylation sites is 1. The fourth-order valence-corrected chi connectivity index (χ4v) is 4.77. The zero-order valence-electron chi connectivity index (χ0n) is 15.6. The Kier molecular flexibility index (Phi) is 6.06. The molecule has 1 aliphatic carbocycles. The van der Waals surface area contributed by atoms with E-state index in [-0.39, 0.29) is 24.2 Å². The van der Waals surface area contributed by atoms with Gasteiger partial charge in [0.1, 0.15) is 6.04 Å². The second-order valence-corrected chi connectivity index (χ2v) is 7.65. The van der Waals surface area contributed by atoms with Crippen molar-refractivity contribution in [2.45, 2.75) is 25.3 Å². The lowest BCUT2D eigenvalue weighted by molar-refractivity contribution is -0.149. The van der Waals surface area contributed by atoms with Gasteiger partial charge < -0.3 is 10.4 Å². The van der Waals surface area contributed by atoms with Gasteiger partial charge in [0.25, 0.3) is 0 Å². The predicted octanol–water partition coefficient (Wildman–Crippen LogP) is 3.97. The molecule has 1 aliphatic heterocycles. The van der Waals surface area contributed by atoms with Crippen molar-refractivity contribution in [1.82, 2.24) is 4.90 Å². The van der Waals surface area contributed by atoms with Crippen molar-refractivity contribution in [3.8, 4) is 0 Å².